The third-order valence-electron chi connectivity index (χ3n) is 4.28. The van der Waals surface area contributed by atoms with Gasteiger partial charge in [0.15, 0.2) is 0 Å². The summed E-state index contributed by atoms with van der Waals surface area (Å²) in [7, 11) is 0. The normalized spacial score (nSPS) is 20.3. The van der Waals surface area contributed by atoms with Crippen molar-refractivity contribution in [3.63, 3.8) is 0 Å². The van der Waals surface area contributed by atoms with E-state index in [4.69, 9.17) is 0 Å². The zero-order valence-electron chi connectivity index (χ0n) is 12.2. The van der Waals surface area contributed by atoms with Gasteiger partial charge in [-0.3, -0.25) is 0 Å². The van der Waals surface area contributed by atoms with Gasteiger partial charge in [0.25, 0.3) is 0 Å². The van der Waals surface area contributed by atoms with Gasteiger partial charge in [-0.25, -0.2) is 0 Å². The topological polar surface area (TPSA) is 12.0 Å². The zero-order chi connectivity index (χ0) is 13.7. The first-order valence-corrected chi connectivity index (χ1v) is 9.65. The van der Waals surface area contributed by atoms with Crippen LogP contribution in [0.4, 0.5) is 0 Å². The Morgan fingerprint density at radius 1 is 1.47 bits per heavy atom. The molecule has 1 aliphatic carbocycles. The smallest absolute Gasteiger partial charge is 0.0659 e. The molecule has 0 saturated heterocycles. The van der Waals surface area contributed by atoms with E-state index >= 15 is 0 Å². The van der Waals surface area contributed by atoms with Crippen LogP contribution in [-0.2, 0) is 6.42 Å². The van der Waals surface area contributed by atoms with Gasteiger partial charge in [0, 0.05) is 10.9 Å². The first-order chi connectivity index (χ1) is 9.24. The quantitative estimate of drug-likeness (QED) is 0.602. The van der Waals surface area contributed by atoms with Crippen LogP contribution >= 0.6 is 33.9 Å². The second kappa shape index (κ2) is 7.99. The minimum atomic E-state index is 0.624. The van der Waals surface area contributed by atoms with Gasteiger partial charge >= 0.3 is 0 Å². The van der Waals surface area contributed by atoms with Crippen LogP contribution in [0.25, 0.3) is 0 Å². The molecule has 0 spiro atoms. The Kier molecular flexibility index (Phi) is 6.63. The molecule has 1 nitrogen and oxygen atoms in total. The SMILES string of the molecule is CCCCC(CC)CNC1CCCc2sc(I)cc21. The molecule has 0 amide bonds. The Hall–Kier alpha value is 0.390. The van der Waals surface area contributed by atoms with Gasteiger partial charge in [0.1, 0.15) is 0 Å². The van der Waals surface area contributed by atoms with Gasteiger partial charge in [-0.05, 0) is 72.4 Å². The highest BCUT2D eigenvalue weighted by molar-refractivity contribution is 14.1. The maximum Gasteiger partial charge on any atom is 0.0659 e. The Balaban J connectivity index is 1.89. The van der Waals surface area contributed by atoms with Crippen molar-refractivity contribution in [1.82, 2.24) is 5.32 Å². The number of unbranched alkanes of at least 4 members (excludes halogenated alkanes) is 1. The van der Waals surface area contributed by atoms with Crippen molar-refractivity contribution < 1.29 is 0 Å². The van der Waals surface area contributed by atoms with Crippen molar-refractivity contribution >= 4 is 33.9 Å². The van der Waals surface area contributed by atoms with Gasteiger partial charge in [-0.15, -0.1) is 11.3 Å². The Bertz CT molecular complexity index is 388. The summed E-state index contributed by atoms with van der Waals surface area (Å²) >= 11 is 4.46. The van der Waals surface area contributed by atoms with Gasteiger partial charge in [-0.2, -0.15) is 0 Å². The molecule has 0 radical (unpaired) electrons. The summed E-state index contributed by atoms with van der Waals surface area (Å²) in [6, 6.07) is 3.03. The molecule has 1 aromatic heterocycles. The number of rotatable bonds is 7. The van der Waals surface area contributed by atoms with E-state index in [1.165, 1.54) is 54.4 Å². The highest BCUT2D eigenvalue weighted by Crippen LogP contribution is 2.36. The number of halogens is 1. The van der Waals surface area contributed by atoms with E-state index in [1.807, 2.05) is 11.3 Å². The second-order valence-electron chi connectivity index (χ2n) is 5.70. The number of hydrogen-bond donors (Lipinski definition) is 1. The average molecular weight is 391 g/mol. The fraction of sp³-hybridized carbons (Fsp3) is 0.750. The molecular weight excluding hydrogens is 365 g/mol. The van der Waals surface area contributed by atoms with Crippen LogP contribution in [0, 0.1) is 8.80 Å². The molecule has 19 heavy (non-hydrogen) atoms. The fourth-order valence-electron chi connectivity index (χ4n) is 2.99. The molecule has 2 atom stereocenters. The maximum atomic E-state index is 3.85. The van der Waals surface area contributed by atoms with Gasteiger partial charge in [0.2, 0.25) is 0 Å². The largest absolute Gasteiger partial charge is 0.310 e. The van der Waals surface area contributed by atoms with Crippen molar-refractivity contribution in [2.75, 3.05) is 6.54 Å². The second-order valence-corrected chi connectivity index (χ2v) is 8.73. The van der Waals surface area contributed by atoms with Crippen molar-refractivity contribution in [2.24, 2.45) is 5.92 Å². The van der Waals surface area contributed by atoms with Gasteiger partial charge < -0.3 is 5.32 Å². The number of thiophene rings is 1. The highest BCUT2D eigenvalue weighted by Gasteiger charge is 2.22. The lowest BCUT2D eigenvalue weighted by Gasteiger charge is -2.26. The van der Waals surface area contributed by atoms with E-state index in [9.17, 15) is 0 Å². The van der Waals surface area contributed by atoms with Crippen molar-refractivity contribution in [1.29, 1.82) is 0 Å². The molecule has 0 fully saturated rings. The predicted molar refractivity (Wildman–Crippen MR) is 94.0 cm³/mol. The molecule has 2 rings (SSSR count). The minimum Gasteiger partial charge on any atom is -0.310 e. The summed E-state index contributed by atoms with van der Waals surface area (Å²) in [5.41, 5.74) is 1.60. The van der Waals surface area contributed by atoms with Crippen LogP contribution < -0.4 is 5.32 Å². The first kappa shape index (κ1) is 15.8. The standard InChI is InChI=1S/C16H26INS/c1-3-5-7-12(4-2)11-18-14-8-6-9-15-13(14)10-16(17)19-15/h10,12,14,18H,3-9,11H2,1-2H3. The van der Waals surface area contributed by atoms with Crippen LogP contribution in [-0.4, -0.2) is 6.54 Å². The Morgan fingerprint density at radius 2 is 2.32 bits per heavy atom. The van der Waals surface area contributed by atoms with E-state index in [1.54, 1.807) is 10.4 Å². The number of fused-ring (bicyclic) bond motifs is 1. The third kappa shape index (κ3) is 4.43. The molecule has 1 heterocycles. The summed E-state index contributed by atoms with van der Waals surface area (Å²) in [5, 5.41) is 3.85. The molecule has 0 saturated carbocycles. The summed E-state index contributed by atoms with van der Waals surface area (Å²) < 4.78 is 1.45. The van der Waals surface area contributed by atoms with Crippen LogP contribution in [0.2, 0.25) is 0 Å². The van der Waals surface area contributed by atoms with Crippen molar-refractivity contribution in [3.8, 4) is 0 Å². The van der Waals surface area contributed by atoms with E-state index < -0.39 is 0 Å². The lowest BCUT2D eigenvalue weighted by atomic mass is 9.92. The Labute approximate surface area is 135 Å². The lowest BCUT2D eigenvalue weighted by Crippen LogP contribution is -2.29. The molecular formula is C16H26INS. The molecule has 1 aromatic rings. The van der Waals surface area contributed by atoms with Crippen LogP contribution in [0.1, 0.15) is 68.9 Å². The minimum absolute atomic E-state index is 0.624. The molecule has 1 aliphatic rings. The maximum absolute atomic E-state index is 3.85. The molecule has 3 heteroatoms. The van der Waals surface area contributed by atoms with E-state index in [0.717, 1.165) is 5.92 Å². The van der Waals surface area contributed by atoms with Gasteiger partial charge in [0.05, 0.1) is 2.88 Å². The van der Waals surface area contributed by atoms with Crippen LogP contribution in [0.3, 0.4) is 0 Å². The molecule has 1 N–H and O–H groups in total. The molecule has 0 aromatic carbocycles. The van der Waals surface area contributed by atoms with Gasteiger partial charge in [-0.1, -0.05) is 33.1 Å². The Morgan fingerprint density at radius 3 is 3.05 bits per heavy atom. The summed E-state index contributed by atoms with van der Waals surface area (Å²) in [5.74, 6) is 0.864. The molecule has 2 unspecified atom stereocenters. The monoisotopic (exact) mass is 391 g/mol. The third-order valence-corrected chi connectivity index (χ3v) is 6.25. The van der Waals surface area contributed by atoms with E-state index in [-0.39, 0.29) is 0 Å². The number of hydrogen-bond acceptors (Lipinski definition) is 2. The first-order valence-electron chi connectivity index (χ1n) is 7.76. The molecule has 0 aliphatic heterocycles. The van der Waals surface area contributed by atoms with E-state index in [0.29, 0.717) is 6.04 Å². The van der Waals surface area contributed by atoms with Crippen molar-refractivity contribution in [2.45, 2.75) is 64.8 Å². The zero-order valence-corrected chi connectivity index (χ0v) is 15.1. The number of nitrogens with one attached hydrogen (secondary N) is 1. The summed E-state index contributed by atoms with van der Waals surface area (Å²) in [6.45, 7) is 5.83. The summed E-state index contributed by atoms with van der Waals surface area (Å²) in [6.07, 6.45) is 9.39. The molecule has 108 valence electrons. The molecule has 0 bridgehead atoms. The highest BCUT2D eigenvalue weighted by atomic mass is 127. The average Bonchev–Trinajstić information content (AvgIpc) is 2.80. The van der Waals surface area contributed by atoms with E-state index in [2.05, 4.69) is 47.8 Å². The fourth-order valence-corrected chi connectivity index (χ4v) is 5.11. The predicted octanol–water partition coefficient (Wildman–Crippen LogP) is 5.54. The van der Waals surface area contributed by atoms with Crippen LogP contribution in [0.5, 0.6) is 0 Å². The van der Waals surface area contributed by atoms with Crippen molar-refractivity contribution in [3.05, 3.63) is 19.4 Å². The summed E-state index contributed by atoms with van der Waals surface area (Å²) in [4.78, 5) is 1.63. The lowest BCUT2D eigenvalue weighted by molar-refractivity contribution is 0.372. The van der Waals surface area contributed by atoms with Crippen LogP contribution in [0.15, 0.2) is 6.07 Å². The number of aryl methyl sites for hydroxylation is 1.